The first-order chi connectivity index (χ1) is 15.6. The third-order valence-corrected chi connectivity index (χ3v) is 6.12. The van der Waals surface area contributed by atoms with Crippen molar-refractivity contribution >= 4 is 34.9 Å². The van der Waals surface area contributed by atoms with Crippen LogP contribution in [0.3, 0.4) is 0 Å². The number of hydrogen-bond donors (Lipinski definition) is 3. The lowest BCUT2D eigenvalue weighted by atomic mass is 10.1. The molecule has 11 heteroatoms. The Hall–Kier alpha value is -3.18. The molecule has 1 atom stereocenters. The Balaban J connectivity index is 1.59. The molecule has 0 radical (unpaired) electrons. The van der Waals surface area contributed by atoms with Gasteiger partial charge in [-0.25, -0.2) is 0 Å². The number of nitrogens with one attached hydrogen (secondary N) is 3. The van der Waals surface area contributed by atoms with Crippen LogP contribution in [0, 0.1) is 12.3 Å². The summed E-state index contributed by atoms with van der Waals surface area (Å²) in [5, 5.41) is 14.2. The van der Waals surface area contributed by atoms with E-state index < -0.39 is 23.6 Å². The van der Waals surface area contributed by atoms with Crippen LogP contribution in [-0.2, 0) is 9.53 Å². The molecule has 1 aromatic heterocycles. The van der Waals surface area contributed by atoms with Crippen molar-refractivity contribution in [3.05, 3.63) is 57.3 Å². The van der Waals surface area contributed by atoms with E-state index in [0.717, 1.165) is 5.56 Å². The summed E-state index contributed by atoms with van der Waals surface area (Å²) in [5.41, 5.74) is 1.36. The van der Waals surface area contributed by atoms with Gasteiger partial charge in [0.15, 0.2) is 0 Å². The molecule has 3 rings (SSSR count). The minimum absolute atomic E-state index is 0.0902. The van der Waals surface area contributed by atoms with Crippen molar-refractivity contribution < 1.29 is 27.9 Å². The number of amidine groups is 1. The largest absolute Gasteiger partial charge is 0.377 e. The van der Waals surface area contributed by atoms with Crippen LogP contribution >= 0.6 is 11.3 Å². The zero-order valence-electron chi connectivity index (χ0n) is 18.1. The minimum atomic E-state index is -3.60. The van der Waals surface area contributed by atoms with E-state index in [2.05, 4.69) is 5.32 Å². The average Bonchev–Trinajstić information content (AvgIpc) is 3.22. The van der Waals surface area contributed by atoms with Gasteiger partial charge in [-0.05, 0) is 36.1 Å². The van der Waals surface area contributed by atoms with E-state index in [9.17, 15) is 23.2 Å². The second-order valence-corrected chi connectivity index (χ2v) is 8.58. The molecular formula is C22H24F2N4O4S. The monoisotopic (exact) mass is 478 g/mol. The summed E-state index contributed by atoms with van der Waals surface area (Å²) in [7, 11) is 0. The fraction of sp³-hybridized carbons (Fsp3) is 0.364. The van der Waals surface area contributed by atoms with Gasteiger partial charge in [0.25, 0.3) is 17.7 Å². The molecule has 1 aliphatic rings. The van der Waals surface area contributed by atoms with E-state index in [1.54, 1.807) is 4.90 Å². The lowest BCUT2D eigenvalue weighted by Gasteiger charge is -2.35. The molecular weight excluding hydrogens is 454 g/mol. The van der Waals surface area contributed by atoms with Gasteiger partial charge in [-0.15, -0.1) is 11.3 Å². The zero-order valence-corrected chi connectivity index (χ0v) is 18.9. The van der Waals surface area contributed by atoms with Crippen molar-refractivity contribution in [1.29, 1.82) is 5.41 Å². The Labute approximate surface area is 193 Å². The van der Waals surface area contributed by atoms with Crippen molar-refractivity contribution in [3.63, 3.8) is 0 Å². The van der Waals surface area contributed by atoms with Crippen molar-refractivity contribution in [2.45, 2.75) is 25.8 Å². The number of rotatable bonds is 6. The summed E-state index contributed by atoms with van der Waals surface area (Å²) in [5.74, 6) is -6.17. The number of hydrogen-bond acceptors (Lipinski definition) is 6. The smallest absolute Gasteiger partial charge is 0.322 e. The van der Waals surface area contributed by atoms with E-state index in [0.29, 0.717) is 31.6 Å². The van der Waals surface area contributed by atoms with Crippen LogP contribution in [0.4, 0.5) is 8.78 Å². The highest BCUT2D eigenvalue weighted by atomic mass is 32.1. The molecule has 0 saturated carbocycles. The number of benzene rings is 1. The van der Waals surface area contributed by atoms with Gasteiger partial charge in [0.05, 0.1) is 24.1 Å². The molecule has 3 amide bonds. The van der Waals surface area contributed by atoms with Crippen LogP contribution < -0.4 is 10.6 Å². The van der Waals surface area contributed by atoms with Gasteiger partial charge in [-0.3, -0.25) is 19.8 Å². The zero-order chi connectivity index (χ0) is 24.2. The van der Waals surface area contributed by atoms with E-state index in [1.807, 2.05) is 23.7 Å². The van der Waals surface area contributed by atoms with Crippen LogP contribution in [0.5, 0.6) is 0 Å². The molecule has 1 saturated heterocycles. The van der Waals surface area contributed by atoms with Crippen LogP contribution in [0.2, 0.25) is 0 Å². The molecule has 0 spiro atoms. The lowest BCUT2D eigenvalue weighted by molar-refractivity contribution is -0.141. The highest BCUT2D eigenvalue weighted by Crippen LogP contribution is 2.20. The van der Waals surface area contributed by atoms with Crippen LogP contribution in [0.25, 0.3) is 0 Å². The maximum Gasteiger partial charge on any atom is 0.322 e. The van der Waals surface area contributed by atoms with Gasteiger partial charge in [0, 0.05) is 31.1 Å². The minimum Gasteiger partial charge on any atom is -0.377 e. The third-order valence-electron chi connectivity index (χ3n) is 5.12. The topological polar surface area (TPSA) is 112 Å². The van der Waals surface area contributed by atoms with Gasteiger partial charge in [-0.1, -0.05) is 12.1 Å². The molecule has 3 N–H and O–H groups in total. The maximum atomic E-state index is 13.0. The number of alkyl halides is 2. The Bertz CT molecular complexity index is 1050. The number of aryl methyl sites for hydroxylation is 1. The number of carbonyl (C=O) groups is 3. The molecule has 1 aromatic carbocycles. The normalized spacial score (nSPS) is 16.2. The SMILES string of the molecule is Cc1ccsc1C(=O)N1CCOC[C@H]1CNC(=O)c1ccc(C(=N)NC(=O)C(C)(F)F)cc1. The van der Waals surface area contributed by atoms with Crippen molar-refractivity contribution in [2.24, 2.45) is 0 Å². The molecule has 1 aliphatic heterocycles. The number of thiophene rings is 1. The Kier molecular flexibility index (Phi) is 7.54. The summed E-state index contributed by atoms with van der Waals surface area (Å²) in [6.45, 7) is 3.66. The van der Waals surface area contributed by atoms with E-state index in [1.165, 1.54) is 35.6 Å². The Morgan fingerprint density at radius 3 is 2.48 bits per heavy atom. The van der Waals surface area contributed by atoms with Gasteiger partial charge >= 0.3 is 5.92 Å². The first-order valence-electron chi connectivity index (χ1n) is 10.2. The second-order valence-electron chi connectivity index (χ2n) is 7.66. The summed E-state index contributed by atoms with van der Waals surface area (Å²) in [4.78, 5) is 39.2. The summed E-state index contributed by atoms with van der Waals surface area (Å²) >= 11 is 1.38. The van der Waals surface area contributed by atoms with E-state index in [4.69, 9.17) is 10.1 Å². The van der Waals surface area contributed by atoms with E-state index >= 15 is 0 Å². The van der Waals surface area contributed by atoms with Crippen LogP contribution in [-0.4, -0.2) is 66.7 Å². The number of nitrogens with zero attached hydrogens (tertiary/aromatic N) is 1. The lowest BCUT2D eigenvalue weighted by Crippen LogP contribution is -2.53. The summed E-state index contributed by atoms with van der Waals surface area (Å²) in [6.07, 6.45) is 0. The predicted molar refractivity (Wildman–Crippen MR) is 119 cm³/mol. The molecule has 2 aromatic rings. The van der Waals surface area contributed by atoms with Gasteiger partial charge in [0.2, 0.25) is 0 Å². The molecule has 176 valence electrons. The number of amides is 3. The molecule has 0 bridgehead atoms. The predicted octanol–water partition coefficient (Wildman–Crippen LogP) is 2.42. The van der Waals surface area contributed by atoms with Crippen LogP contribution in [0.1, 0.15) is 38.1 Å². The molecule has 1 fully saturated rings. The van der Waals surface area contributed by atoms with Crippen molar-refractivity contribution in [3.8, 4) is 0 Å². The van der Waals surface area contributed by atoms with Gasteiger partial charge in [0.1, 0.15) is 5.84 Å². The van der Waals surface area contributed by atoms with Crippen molar-refractivity contribution in [1.82, 2.24) is 15.5 Å². The summed E-state index contributed by atoms with van der Waals surface area (Å²) < 4.78 is 31.5. The number of carbonyl (C=O) groups excluding carboxylic acids is 3. The van der Waals surface area contributed by atoms with Gasteiger partial charge in [-0.2, -0.15) is 8.78 Å². The third kappa shape index (κ3) is 5.99. The highest BCUT2D eigenvalue weighted by Gasteiger charge is 2.33. The van der Waals surface area contributed by atoms with Crippen molar-refractivity contribution in [2.75, 3.05) is 26.3 Å². The first-order valence-corrected chi connectivity index (χ1v) is 11.0. The molecule has 2 heterocycles. The summed E-state index contributed by atoms with van der Waals surface area (Å²) in [6, 6.07) is 7.16. The second kappa shape index (κ2) is 10.2. The average molecular weight is 479 g/mol. The fourth-order valence-electron chi connectivity index (χ4n) is 3.21. The highest BCUT2D eigenvalue weighted by molar-refractivity contribution is 7.12. The Morgan fingerprint density at radius 1 is 1.21 bits per heavy atom. The van der Waals surface area contributed by atoms with E-state index in [-0.39, 0.29) is 29.6 Å². The molecule has 0 unspecified atom stereocenters. The molecule has 33 heavy (non-hydrogen) atoms. The quantitative estimate of drug-likeness (QED) is 0.437. The number of halogens is 2. The maximum absolute atomic E-state index is 13.0. The number of morpholine rings is 1. The Morgan fingerprint density at radius 2 is 1.88 bits per heavy atom. The molecule has 0 aliphatic carbocycles. The number of ether oxygens (including phenoxy) is 1. The van der Waals surface area contributed by atoms with Gasteiger partial charge < -0.3 is 20.3 Å². The fourth-order valence-corrected chi connectivity index (χ4v) is 4.09. The first kappa shape index (κ1) is 24.5. The standard InChI is InChI=1S/C22H24F2N4O4S/c1-13-7-10-33-17(13)20(30)28-8-9-32-12-16(28)11-26-19(29)15-5-3-14(4-6-15)18(25)27-21(31)22(2,23)24/h3-7,10,16H,8-9,11-12H2,1-2H3,(H,26,29)(H2,25,27,31)/t16-/m1/s1. The van der Waals surface area contributed by atoms with Crippen LogP contribution in [0.15, 0.2) is 35.7 Å². The molecule has 8 nitrogen and oxygen atoms in total.